The van der Waals surface area contributed by atoms with Gasteiger partial charge in [0.15, 0.2) is 0 Å². The summed E-state index contributed by atoms with van der Waals surface area (Å²) in [5.74, 6) is -0.165. The third kappa shape index (κ3) is 1.77. The average Bonchev–Trinajstić information content (AvgIpc) is 2.59. The lowest BCUT2D eigenvalue weighted by molar-refractivity contribution is 0.374. The highest BCUT2D eigenvalue weighted by Crippen LogP contribution is 2.29. The van der Waals surface area contributed by atoms with E-state index < -0.39 is 11.4 Å². The molecule has 2 rings (SSSR count). The van der Waals surface area contributed by atoms with E-state index >= 15 is 0 Å². The Morgan fingerprint density at radius 3 is 2.56 bits per heavy atom. The van der Waals surface area contributed by atoms with Crippen molar-refractivity contribution in [2.75, 3.05) is 7.11 Å². The normalized spacial score (nSPS) is 10.7. The number of methoxy groups -OCH3 is 1. The SMILES string of the molecule is COc1c(-c2nc(C)c(F)c(=O)[nH]2)c(C)nn1C. The molecule has 0 amide bonds. The van der Waals surface area contributed by atoms with E-state index in [0.717, 1.165) is 0 Å². The Balaban J connectivity index is 2.73. The number of aromatic nitrogens is 4. The summed E-state index contributed by atoms with van der Waals surface area (Å²) in [5.41, 5.74) is 0.436. The van der Waals surface area contributed by atoms with E-state index in [9.17, 15) is 9.18 Å². The molecule has 2 aromatic heterocycles. The zero-order chi connectivity index (χ0) is 13.4. The van der Waals surface area contributed by atoms with Crippen LogP contribution in [0.3, 0.4) is 0 Å². The van der Waals surface area contributed by atoms with Crippen molar-refractivity contribution in [3.63, 3.8) is 0 Å². The summed E-state index contributed by atoms with van der Waals surface area (Å²) >= 11 is 0. The second kappa shape index (κ2) is 4.25. The number of hydrogen-bond donors (Lipinski definition) is 1. The fourth-order valence-electron chi connectivity index (χ4n) is 1.83. The number of aromatic amines is 1. The molecule has 0 saturated carbocycles. The molecule has 0 aliphatic rings. The van der Waals surface area contributed by atoms with E-state index in [2.05, 4.69) is 15.1 Å². The lowest BCUT2D eigenvalue weighted by Crippen LogP contribution is -2.15. The summed E-state index contributed by atoms with van der Waals surface area (Å²) in [7, 11) is 3.21. The first-order chi connectivity index (χ1) is 8.45. The summed E-state index contributed by atoms with van der Waals surface area (Å²) in [6.07, 6.45) is 0. The molecule has 7 heteroatoms. The molecule has 6 nitrogen and oxygen atoms in total. The van der Waals surface area contributed by atoms with Gasteiger partial charge in [-0.3, -0.25) is 4.79 Å². The van der Waals surface area contributed by atoms with Gasteiger partial charge in [0.1, 0.15) is 11.4 Å². The van der Waals surface area contributed by atoms with E-state index in [4.69, 9.17) is 4.74 Å². The van der Waals surface area contributed by atoms with Crippen molar-refractivity contribution in [2.24, 2.45) is 7.05 Å². The molecule has 2 aromatic rings. The molecule has 0 aliphatic heterocycles. The van der Waals surface area contributed by atoms with Crippen LogP contribution in [-0.4, -0.2) is 26.9 Å². The van der Waals surface area contributed by atoms with Crippen LogP contribution in [0.15, 0.2) is 4.79 Å². The predicted octanol–water partition coefficient (Wildman–Crippen LogP) is 0.935. The van der Waals surface area contributed by atoms with Crippen molar-refractivity contribution in [3.05, 3.63) is 27.6 Å². The molecule has 0 fully saturated rings. The Kier molecular flexibility index (Phi) is 2.90. The molecule has 96 valence electrons. The second-order valence-corrected chi connectivity index (χ2v) is 3.91. The van der Waals surface area contributed by atoms with Crippen molar-refractivity contribution >= 4 is 0 Å². The molecule has 0 aromatic carbocycles. The van der Waals surface area contributed by atoms with Gasteiger partial charge in [-0.05, 0) is 13.8 Å². The Morgan fingerprint density at radius 1 is 1.33 bits per heavy atom. The lowest BCUT2D eigenvalue weighted by Gasteiger charge is -2.05. The topological polar surface area (TPSA) is 72.8 Å². The molecule has 0 atom stereocenters. The summed E-state index contributed by atoms with van der Waals surface area (Å²) in [4.78, 5) is 17.8. The van der Waals surface area contributed by atoms with Crippen molar-refractivity contribution in [1.82, 2.24) is 19.7 Å². The molecule has 2 heterocycles. The van der Waals surface area contributed by atoms with Crippen LogP contribution in [0.5, 0.6) is 5.88 Å². The van der Waals surface area contributed by atoms with Gasteiger partial charge in [-0.2, -0.15) is 9.49 Å². The Morgan fingerprint density at radius 2 is 2.00 bits per heavy atom. The van der Waals surface area contributed by atoms with E-state index in [-0.39, 0.29) is 11.5 Å². The second-order valence-electron chi connectivity index (χ2n) is 3.91. The van der Waals surface area contributed by atoms with Gasteiger partial charge in [0, 0.05) is 7.05 Å². The van der Waals surface area contributed by atoms with Gasteiger partial charge < -0.3 is 9.72 Å². The van der Waals surface area contributed by atoms with Gasteiger partial charge >= 0.3 is 0 Å². The number of nitrogens with one attached hydrogen (secondary N) is 1. The average molecular weight is 252 g/mol. The molecule has 0 saturated heterocycles. The van der Waals surface area contributed by atoms with Gasteiger partial charge in [0.2, 0.25) is 11.7 Å². The number of rotatable bonds is 2. The molecular weight excluding hydrogens is 239 g/mol. The molecule has 0 unspecified atom stereocenters. The molecule has 0 spiro atoms. The summed E-state index contributed by atoms with van der Waals surface area (Å²) in [6, 6.07) is 0. The van der Waals surface area contributed by atoms with Gasteiger partial charge in [-0.1, -0.05) is 0 Å². The number of aryl methyl sites for hydroxylation is 3. The summed E-state index contributed by atoms with van der Waals surface area (Å²) < 4.78 is 20.0. The highest BCUT2D eigenvalue weighted by atomic mass is 19.1. The van der Waals surface area contributed by atoms with Crippen molar-refractivity contribution in [3.8, 4) is 17.3 Å². The van der Waals surface area contributed by atoms with Gasteiger partial charge in [0.05, 0.1) is 18.5 Å². The number of nitrogens with zero attached hydrogens (tertiary/aromatic N) is 3. The van der Waals surface area contributed by atoms with Crippen molar-refractivity contribution in [1.29, 1.82) is 0 Å². The molecule has 0 radical (unpaired) electrons. The first-order valence-corrected chi connectivity index (χ1v) is 5.30. The first-order valence-electron chi connectivity index (χ1n) is 5.30. The molecule has 1 N–H and O–H groups in total. The first kappa shape index (κ1) is 12.3. The predicted molar refractivity (Wildman–Crippen MR) is 63.0 cm³/mol. The van der Waals surface area contributed by atoms with Crippen LogP contribution >= 0.6 is 0 Å². The smallest absolute Gasteiger partial charge is 0.287 e. The van der Waals surface area contributed by atoms with Crippen LogP contribution in [0.2, 0.25) is 0 Å². The Bertz CT molecular complexity index is 660. The zero-order valence-electron chi connectivity index (χ0n) is 10.5. The molecule has 18 heavy (non-hydrogen) atoms. The van der Waals surface area contributed by atoms with Crippen LogP contribution in [0.25, 0.3) is 11.4 Å². The maximum Gasteiger partial charge on any atom is 0.287 e. The maximum atomic E-state index is 13.3. The van der Waals surface area contributed by atoms with Crippen molar-refractivity contribution in [2.45, 2.75) is 13.8 Å². The van der Waals surface area contributed by atoms with Crippen LogP contribution in [0.4, 0.5) is 4.39 Å². The fourth-order valence-corrected chi connectivity index (χ4v) is 1.83. The fraction of sp³-hybridized carbons (Fsp3) is 0.364. The molecule has 0 aliphatic carbocycles. The van der Waals surface area contributed by atoms with Crippen molar-refractivity contribution < 1.29 is 9.13 Å². The summed E-state index contributed by atoms with van der Waals surface area (Å²) in [6.45, 7) is 3.20. The standard InChI is InChI=1S/C11H13FN4O2/c1-5-7(11(18-4)16(3)15-5)9-13-6(2)8(12)10(17)14-9/h1-4H3,(H,13,14,17). The highest BCUT2D eigenvalue weighted by molar-refractivity contribution is 5.64. The van der Waals surface area contributed by atoms with Gasteiger partial charge in [-0.25, -0.2) is 9.67 Å². The van der Waals surface area contributed by atoms with E-state index in [1.807, 2.05) is 0 Å². The van der Waals surface area contributed by atoms with E-state index in [1.54, 1.807) is 14.0 Å². The number of hydrogen-bond acceptors (Lipinski definition) is 4. The molecule has 0 bridgehead atoms. The largest absolute Gasteiger partial charge is 0.481 e. The quantitative estimate of drug-likeness (QED) is 0.863. The Labute approximate surface area is 102 Å². The van der Waals surface area contributed by atoms with E-state index in [1.165, 1.54) is 18.7 Å². The van der Waals surface area contributed by atoms with Crippen LogP contribution in [0.1, 0.15) is 11.4 Å². The maximum absolute atomic E-state index is 13.3. The lowest BCUT2D eigenvalue weighted by atomic mass is 10.2. The zero-order valence-corrected chi connectivity index (χ0v) is 10.5. The van der Waals surface area contributed by atoms with E-state index in [0.29, 0.717) is 17.1 Å². The minimum absolute atomic E-state index is 0.0408. The Hall–Kier alpha value is -2.18. The number of H-pyrrole nitrogens is 1. The monoisotopic (exact) mass is 252 g/mol. The van der Waals surface area contributed by atoms with Crippen LogP contribution in [-0.2, 0) is 7.05 Å². The summed E-state index contributed by atoms with van der Waals surface area (Å²) in [5, 5.41) is 4.18. The van der Waals surface area contributed by atoms with Gasteiger partial charge in [-0.15, -0.1) is 0 Å². The molecular formula is C11H13FN4O2. The highest BCUT2D eigenvalue weighted by Gasteiger charge is 2.19. The number of ether oxygens (including phenoxy) is 1. The van der Waals surface area contributed by atoms with Crippen LogP contribution < -0.4 is 10.3 Å². The van der Waals surface area contributed by atoms with Gasteiger partial charge in [0.25, 0.3) is 5.56 Å². The third-order valence-electron chi connectivity index (χ3n) is 2.63. The minimum atomic E-state index is -0.876. The third-order valence-corrected chi connectivity index (χ3v) is 2.63. The minimum Gasteiger partial charge on any atom is -0.481 e. The van der Waals surface area contributed by atoms with Crippen LogP contribution in [0, 0.1) is 19.7 Å². The number of halogens is 1.